The molecule has 0 aliphatic carbocycles. The highest BCUT2D eigenvalue weighted by atomic mass is 35.5. The topological polar surface area (TPSA) is 125 Å². The maximum absolute atomic E-state index is 14.7. The van der Waals surface area contributed by atoms with E-state index < -0.39 is 47.7 Å². The summed E-state index contributed by atoms with van der Waals surface area (Å²) in [5.74, 6) is -3.23. The van der Waals surface area contributed by atoms with Gasteiger partial charge in [0.25, 0.3) is 5.91 Å². The third-order valence-corrected chi connectivity index (χ3v) is 10.4. The second kappa shape index (κ2) is 16.8. The molecule has 0 unspecified atom stereocenters. The zero-order chi connectivity index (χ0) is 35.8. The number of esters is 1. The molecular weight excluding hydrogens is 658 g/mol. The van der Waals surface area contributed by atoms with E-state index in [2.05, 4.69) is 18.5 Å². The van der Waals surface area contributed by atoms with Crippen LogP contribution >= 0.6 is 11.6 Å². The normalized spacial score (nSPS) is 24.7. The molecule has 3 heterocycles. The van der Waals surface area contributed by atoms with Crippen LogP contribution in [0.15, 0.2) is 79.9 Å². The summed E-state index contributed by atoms with van der Waals surface area (Å²) < 4.78 is 12.9. The lowest BCUT2D eigenvalue weighted by molar-refractivity contribution is -0.162. The number of aliphatic hydroxyl groups excluding tert-OH is 1. The first-order valence-electron chi connectivity index (χ1n) is 17.6. The summed E-state index contributed by atoms with van der Waals surface area (Å²) in [6, 6.07) is 14.6. The van der Waals surface area contributed by atoms with Crippen LogP contribution in [0.4, 0.5) is 5.69 Å². The molecule has 3 saturated heterocycles. The fourth-order valence-corrected chi connectivity index (χ4v) is 7.97. The number of amides is 3. The highest BCUT2D eigenvalue weighted by Gasteiger charge is 2.75. The molecule has 0 radical (unpaired) electrons. The number of rotatable bonds is 18. The average Bonchev–Trinajstić information content (AvgIpc) is 3.76. The lowest BCUT2D eigenvalue weighted by Gasteiger charge is -2.37. The highest BCUT2D eigenvalue weighted by molar-refractivity contribution is 6.30. The number of nitrogens with zero attached hydrogens (tertiary/aromatic N) is 2. The molecule has 7 atom stereocenters. The third kappa shape index (κ3) is 7.67. The summed E-state index contributed by atoms with van der Waals surface area (Å²) in [4.78, 5) is 59.4. The van der Waals surface area contributed by atoms with Gasteiger partial charge in [0, 0.05) is 36.8 Å². The van der Waals surface area contributed by atoms with Crippen LogP contribution in [0, 0.1) is 11.8 Å². The molecule has 11 heteroatoms. The molecule has 2 aromatic carbocycles. The van der Waals surface area contributed by atoms with Crippen LogP contribution in [0.2, 0.25) is 5.02 Å². The van der Waals surface area contributed by atoms with Crippen LogP contribution in [-0.2, 0) is 28.7 Å². The molecule has 3 aliphatic rings. The van der Waals surface area contributed by atoms with Crippen molar-refractivity contribution in [3.8, 4) is 0 Å². The van der Waals surface area contributed by atoms with Gasteiger partial charge in [-0.05, 0) is 68.9 Å². The van der Waals surface area contributed by atoms with Gasteiger partial charge in [0.1, 0.15) is 17.7 Å². The van der Waals surface area contributed by atoms with Crippen molar-refractivity contribution in [2.24, 2.45) is 11.8 Å². The van der Waals surface area contributed by atoms with Crippen molar-refractivity contribution in [2.45, 2.75) is 88.2 Å². The number of halogens is 1. The molecule has 1 spiro atoms. The van der Waals surface area contributed by atoms with Gasteiger partial charge in [0.15, 0.2) is 0 Å². The summed E-state index contributed by atoms with van der Waals surface area (Å²) in [6.07, 6.45) is 6.41. The minimum Gasteiger partial charge on any atom is -0.455 e. The molecule has 3 aliphatic heterocycles. The second-order valence-corrected chi connectivity index (χ2v) is 13.8. The fraction of sp³-hybridized carbons (Fsp3) is 0.487. The highest BCUT2D eigenvalue weighted by Crippen LogP contribution is 2.59. The van der Waals surface area contributed by atoms with Gasteiger partial charge in [-0.25, -0.2) is 0 Å². The van der Waals surface area contributed by atoms with Gasteiger partial charge in [-0.1, -0.05) is 66.9 Å². The molecule has 0 aromatic heterocycles. The molecule has 268 valence electrons. The number of nitrogens with one attached hydrogen (secondary N) is 1. The number of hydrogen-bond acceptors (Lipinski definition) is 7. The van der Waals surface area contributed by atoms with Crippen molar-refractivity contribution in [3.63, 3.8) is 0 Å². The number of anilines is 1. The number of carbonyl (C=O) groups excluding carboxylic acids is 4. The predicted molar refractivity (Wildman–Crippen MR) is 191 cm³/mol. The number of likely N-dealkylation sites (tertiary alicyclic amines) is 1. The maximum atomic E-state index is 14.7. The van der Waals surface area contributed by atoms with Crippen molar-refractivity contribution in [2.75, 3.05) is 24.6 Å². The molecular formula is C39H48ClN3O7. The first-order chi connectivity index (χ1) is 24.2. The number of fused-ring (bicyclic) bond motifs is 1. The Hall–Kier alpha value is -3.99. The molecule has 2 bridgehead atoms. The van der Waals surface area contributed by atoms with Gasteiger partial charge in [0.2, 0.25) is 11.8 Å². The zero-order valence-corrected chi connectivity index (χ0v) is 29.4. The van der Waals surface area contributed by atoms with E-state index in [0.717, 1.165) is 12.8 Å². The van der Waals surface area contributed by atoms with Gasteiger partial charge in [-0.3, -0.25) is 19.2 Å². The van der Waals surface area contributed by atoms with Crippen LogP contribution in [0.25, 0.3) is 0 Å². The lowest BCUT2D eigenvalue weighted by atomic mass is 9.70. The Morgan fingerprint density at radius 2 is 1.82 bits per heavy atom. The Kier molecular flexibility index (Phi) is 12.5. The van der Waals surface area contributed by atoms with E-state index in [9.17, 15) is 24.3 Å². The van der Waals surface area contributed by atoms with Crippen molar-refractivity contribution >= 4 is 41.0 Å². The monoisotopic (exact) mass is 705 g/mol. The van der Waals surface area contributed by atoms with Gasteiger partial charge >= 0.3 is 5.97 Å². The Morgan fingerprint density at radius 3 is 2.50 bits per heavy atom. The number of aliphatic hydroxyl groups is 1. The molecule has 10 nitrogen and oxygen atoms in total. The van der Waals surface area contributed by atoms with E-state index in [-0.39, 0.29) is 37.3 Å². The Labute approximate surface area is 299 Å². The SMILES string of the molecule is C=CCCC(=O)N[C@H](C)[C@@H](OC(=O)[C@@H]1[C@@H]2CC[C@]3(O2)[C@H](C(=O)N(CC=C)c2ccc(Cl)cc2)N(CCCCCCO)C(=O)[C@@H]13)c1ccccc1. The predicted octanol–water partition coefficient (Wildman–Crippen LogP) is 5.54. The standard InChI is InChI=1S/C39H48ClN3O7/c1-4-6-16-31(45)41-26(3)34(27-14-10-9-11-15-27)49-38(48)32-30-21-22-39(50-30)33(32)36(46)43(24-12-7-8-13-25-44)35(39)37(47)42(23-5-2)29-19-17-28(40)18-20-29/h4-5,9-11,14-15,17-20,26,30,32-35,44H,1-2,6-8,12-13,16,21-25H2,3H3,(H,41,45)/t26-,30+,32-,33-,34-,35+,39-/m1/s1. The van der Waals surface area contributed by atoms with Crippen LogP contribution < -0.4 is 10.2 Å². The van der Waals surface area contributed by atoms with E-state index in [1.807, 2.05) is 30.3 Å². The van der Waals surface area contributed by atoms with Crippen LogP contribution in [0.3, 0.4) is 0 Å². The van der Waals surface area contributed by atoms with E-state index in [4.69, 9.17) is 21.1 Å². The molecule has 2 aromatic rings. The summed E-state index contributed by atoms with van der Waals surface area (Å²) in [5, 5.41) is 12.7. The smallest absolute Gasteiger partial charge is 0.313 e. The van der Waals surface area contributed by atoms with E-state index in [0.29, 0.717) is 54.9 Å². The first-order valence-corrected chi connectivity index (χ1v) is 18.0. The molecule has 0 saturated carbocycles. The molecule has 3 amide bonds. The summed E-state index contributed by atoms with van der Waals surface area (Å²) in [6.45, 7) is 9.92. The van der Waals surface area contributed by atoms with Crippen molar-refractivity contribution in [3.05, 3.63) is 90.5 Å². The van der Waals surface area contributed by atoms with Crippen molar-refractivity contribution in [1.82, 2.24) is 10.2 Å². The van der Waals surface area contributed by atoms with Gasteiger partial charge in [0.05, 0.1) is 24.0 Å². The molecule has 5 rings (SSSR count). The third-order valence-electron chi connectivity index (χ3n) is 10.1. The van der Waals surface area contributed by atoms with E-state index >= 15 is 0 Å². The average molecular weight is 706 g/mol. The first kappa shape index (κ1) is 37.3. The van der Waals surface area contributed by atoms with Crippen molar-refractivity contribution < 1.29 is 33.8 Å². The number of unbranched alkanes of at least 4 members (excludes halogenated alkanes) is 3. The van der Waals surface area contributed by atoms with E-state index in [1.165, 1.54) is 0 Å². The Balaban J connectivity index is 1.46. The van der Waals surface area contributed by atoms with Crippen LogP contribution in [0.1, 0.15) is 70.0 Å². The van der Waals surface area contributed by atoms with Gasteiger partial charge in [-0.15, -0.1) is 13.2 Å². The van der Waals surface area contributed by atoms with Crippen molar-refractivity contribution in [1.29, 1.82) is 0 Å². The Bertz CT molecular complexity index is 1540. The second-order valence-electron chi connectivity index (χ2n) is 13.4. The number of benzene rings is 2. The summed E-state index contributed by atoms with van der Waals surface area (Å²) in [5.41, 5.74) is 0.0917. The minimum absolute atomic E-state index is 0.0899. The number of allylic oxidation sites excluding steroid dienone is 1. The zero-order valence-electron chi connectivity index (χ0n) is 28.7. The van der Waals surface area contributed by atoms with Crippen LogP contribution in [-0.4, -0.2) is 77.2 Å². The lowest BCUT2D eigenvalue weighted by Crippen LogP contribution is -2.56. The molecule has 2 N–H and O–H groups in total. The summed E-state index contributed by atoms with van der Waals surface area (Å²) in [7, 11) is 0. The van der Waals surface area contributed by atoms with Gasteiger partial charge in [-0.2, -0.15) is 0 Å². The maximum Gasteiger partial charge on any atom is 0.313 e. The number of ether oxygens (including phenoxy) is 2. The molecule has 3 fully saturated rings. The number of carbonyl (C=O) groups is 4. The van der Waals surface area contributed by atoms with E-state index in [1.54, 1.807) is 53.1 Å². The largest absolute Gasteiger partial charge is 0.455 e. The number of hydrogen-bond donors (Lipinski definition) is 2. The molecule has 50 heavy (non-hydrogen) atoms. The minimum atomic E-state index is -1.22. The quantitative estimate of drug-likeness (QED) is 0.119. The van der Waals surface area contributed by atoms with Gasteiger partial charge < -0.3 is 29.7 Å². The summed E-state index contributed by atoms with van der Waals surface area (Å²) >= 11 is 6.16. The Morgan fingerprint density at radius 1 is 1.10 bits per heavy atom. The van der Waals surface area contributed by atoms with Crippen LogP contribution in [0.5, 0.6) is 0 Å². The fourth-order valence-electron chi connectivity index (χ4n) is 7.85.